The van der Waals surface area contributed by atoms with Crippen LogP contribution >= 0.6 is 0 Å². The molecule has 3 aliphatic heterocycles. The van der Waals surface area contributed by atoms with Crippen molar-refractivity contribution >= 4 is 0 Å². The van der Waals surface area contributed by atoms with Gasteiger partial charge in [0.2, 0.25) is 0 Å². The maximum atomic E-state index is 6.33. The van der Waals surface area contributed by atoms with E-state index in [1.807, 2.05) is 0 Å². The zero-order valence-electron chi connectivity index (χ0n) is 15.4. The number of piperazine rings is 1. The van der Waals surface area contributed by atoms with Gasteiger partial charge in [0.25, 0.3) is 0 Å². The van der Waals surface area contributed by atoms with Gasteiger partial charge in [0.15, 0.2) is 0 Å². The molecule has 2 aliphatic carbocycles. The lowest BCUT2D eigenvalue weighted by Gasteiger charge is -2.38. The molecule has 0 aromatic carbocycles. The molecule has 7 atom stereocenters. The number of rotatable bonds is 2. The van der Waals surface area contributed by atoms with Crippen molar-refractivity contribution in [2.45, 2.75) is 70.2 Å². The summed E-state index contributed by atoms with van der Waals surface area (Å²) in [5.74, 6) is 3.44. The van der Waals surface area contributed by atoms with E-state index in [9.17, 15) is 0 Å². The highest BCUT2D eigenvalue weighted by Gasteiger charge is 2.55. The van der Waals surface area contributed by atoms with Crippen LogP contribution in [-0.4, -0.2) is 60.3 Å². The van der Waals surface area contributed by atoms with Crippen LogP contribution in [0.1, 0.15) is 46.0 Å². The Morgan fingerprint density at radius 3 is 2.46 bits per heavy atom. The van der Waals surface area contributed by atoms with E-state index in [2.05, 4.69) is 35.8 Å². The summed E-state index contributed by atoms with van der Waals surface area (Å²) < 4.78 is 6.33. The molecule has 3 heteroatoms. The fourth-order valence-electron chi connectivity index (χ4n) is 6.51. The Morgan fingerprint density at radius 1 is 0.917 bits per heavy atom. The number of ether oxygens (including phenoxy) is 1. The molecule has 0 aromatic heterocycles. The second-order valence-corrected chi connectivity index (χ2v) is 9.29. The number of nitrogens with zero attached hydrogens (tertiary/aromatic N) is 2. The summed E-state index contributed by atoms with van der Waals surface area (Å²) in [5.41, 5.74) is 0. The third-order valence-electron chi connectivity index (χ3n) is 7.75. The predicted octanol–water partition coefficient (Wildman–Crippen LogP) is 3.16. The average molecular weight is 331 g/mol. The Kier molecular flexibility index (Phi) is 4.03. The summed E-state index contributed by atoms with van der Waals surface area (Å²) in [5, 5.41) is 0. The van der Waals surface area contributed by atoms with Crippen molar-refractivity contribution < 1.29 is 4.74 Å². The highest BCUT2D eigenvalue weighted by molar-refractivity contribution is 5.09. The Bertz CT molecular complexity index is 494. The van der Waals surface area contributed by atoms with Crippen molar-refractivity contribution in [2.24, 2.45) is 23.7 Å². The summed E-state index contributed by atoms with van der Waals surface area (Å²) >= 11 is 0. The van der Waals surface area contributed by atoms with Crippen molar-refractivity contribution in [1.29, 1.82) is 0 Å². The number of hydrogen-bond donors (Lipinski definition) is 0. The van der Waals surface area contributed by atoms with Crippen molar-refractivity contribution in [2.75, 3.05) is 26.2 Å². The molecule has 5 rings (SSSR count). The van der Waals surface area contributed by atoms with E-state index in [0.29, 0.717) is 18.1 Å². The standard InChI is InChI=1S/C21H34N2O/c1-14-7-8-15(2)24-21(14)16-11-17-13-23(10-9-22(17)12-16)20-18-5-3-4-6-19(18)20/h7-8,14-21H,3-6,9-13H2,1-2H3. The van der Waals surface area contributed by atoms with E-state index in [1.54, 1.807) is 0 Å². The molecule has 5 aliphatic rings. The second-order valence-electron chi connectivity index (χ2n) is 9.29. The molecule has 134 valence electrons. The van der Waals surface area contributed by atoms with E-state index < -0.39 is 0 Å². The molecule has 24 heavy (non-hydrogen) atoms. The maximum absolute atomic E-state index is 6.33. The first-order valence-electron chi connectivity index (χ1n) is 10.5. The molecule has 2 saturated heterocycles. The second kappa shape index (κ2) is 6.10. The van der Waals surface area contributed by atoms with E-state index in [0.717, 1.165) is 29.8 Å². The van der Waals surface area contributed by atoms with Crippen LogP contribution in [0.5, 0.6) is 0 Å². The lowest BCUT2D eigenvalue weighted by atomic mass is 9.87. The van der Waals surface area contributed by atoms with Gasteiger partial charge in [-0.2, -0.15) is 0 Å². The van der Waals surface area contributed by atoms with Gasteiger partial charge in [0, 0.05) is 44.2 Å². The van der Waals surface area contributed by atoms with Crippen LogP contribution < -0.4 is 0 Å². The molecule has 7 unspecified atom stereocenters. The van der Waals surface area contributed by atoms with Crippen LogP contribution in [0.15, 0.2) is 12.2 Å². The molecule has 3 nitrogen and oxygen atoms in total. The van der Waals surface area contributed by atoms with Crippen molar-refractivity contribution in [3.05, 3.63) is 12.2 Å². The first-order valence-corrected chi connectivity index (χ1v) is 10.5. The molecule has 0 N–H and O–H groups in total. The number of fused-ring (bicyclic) bond motifs is 2. The highest BCUT2D eigenvalue weighted by Crippen LogP contribution is 2.53. The van der Waals surface area contributed by atoms with Crippen molar-refractivity contribution in [1.82, 2.24) is 9.80 Å². The molecule has 0 radical (unpaired) electrons. The van der Waals surface area contributed by atoms with Gasteiger partial charge in [0.05, 0.1) is 12.2 Å². The Hall–Kier alpha value is -0.380. The van der Waals surface area contributed by atoms with Crippen LogP contribution in [-0.2, 0) is 4.74 Å². The third-order valence-corrected chi connectivity index (χ3v) is 7.75. The lowest BCUT2D eigenvalue weighted by molar-refractivity contribution is -0.0415. The summed E-state index contributed by atoms with van der Waals surface area (Å²) in [7, 11) is 0. The normalized spacial score (nSPS) is 52.1. The van der Waals surface area contributed by atoms with Crippen LogP contribution in [0.3, 0.4) is 0 Å². The zero-order chi connectivity index (χ0) is 16.3. The predicted molar refractivity (Wildman–Crippen MR) is 96.9 cm³/mol. The van der Waals surface area contributed by atoms with E-state index in [4.69, 9.17) is 4.74 Å². The first kappa shape index (κ1) is 15.8. The zero-order valence-corrected chi connectivity index (χ0v) is 15.4. The van der Waals surface area contributed by atoms with Crippen LogP contribution in [0, 0.1) is 23.7 Å². The highest BCUT2D eigenvalue weighted by atomic mass is 16.5. The van der Waals surface area contributed by atoms with E-state index in [-0.39, 0.29) is 0 Å². The molecular formula is C21H34N2O. The minimum atomic E-state index is 0.301. The van der Waals surface area contributed by atoms with Crippen LogP contribution in [0.2, 0.25) is 0 Å². The average Bonchev–Trinajstić information content (AvgIpc) is 3.17. The Labute approximate surface area is 147 Å². The summed E-state index contributed by atoms with van der Waals surface area (Å²) in [6.07, 6.45) is 12.7. The van der Waals surface area contributed by atoms with Crippen LogP contribution in [0.4, 0.5) is 0 Å². The molecule has 0 aromatic rings. The van der Waals surface area contributed by atoms with Crippen LogP contribution in [0.25, 0.3) is 0 Å². The SMILES string of the molecule is CC1C=CC(C)C(C2CC3CN(C4C5CCCCC54)CCN3C2)O1. The van der Waals surface area contributed by atoms with Gasteiger partial charge in [0.1, 0.15) is 0 Å². The third kappa shape index (κ3) is 2.68. The van der Waals surface area contributed by atoms with Crippen molar-refractivity contribution in [3.63, 3.8) is 0 Å². The fourth-order valence-corrected chi connectivity index (χ4v) is 6.51. The van der Waals surface area contributed by atoms with Gasteiger partial charge >= 0.3 is 0 Å². The maximum Gasteiger partial charge on any atom is 0.0731 e. The molecule has 0 bridgehead atoms. The molecule has 4 fully saturated rings. The molecule has 3 heterocycles. The largest absolute Gasteiger partial charge is 0.370 e. The number of hydrogen-bond acceptors (Lipinski definition) is 3. The topological polar surface area (TPSA) is 15.7 Å². The van der Waals surface area contributed by atoms with Gasteiger partial charge < -0.3 is 4.74 Å². The monoisotopic (exact) mass is 330 g/mol. The van der Waals surface area contributed by atoms with E-state index in [1.165, 1.54) is 58.3 Å². The quantitative estimate of drug-likeness (QED) is 0.723. The molecular weight excluding hydrogens is 296 g/mol. The van der Waals surface area contributed by atoms with Gasteiger partial charge in [-0.05, 0) is 43.9 Å². The van der Waals surface area contributed by atoms with Gasteiger partial charge in [-0.25, -0.2) is 0 Å². The van der Waals surface area contributed by atoms with Gasteiger partial charge in [-0.15, -0.1) is 0 Å². The Balaban J connectivity index is 1.22. The Morgan fingerprint density at radius 2 is 1.67 bits per heavy atom. The first-order chi connectivity index (χ1) is 11.7. The minimum absolute atomic E-state index is 0.301. The van der Waals surface area contributed by atoms with Gasteiger partial charge in [-0.3, -0.25) is 9.80 Å². The summed E-state index contributed by atoms with van der Waals surface area (Å²) in [4.78, 5) is 5.67. The smallest absolute Gasteiger partial charge is 0.0731 e. The summed E-state index contributed by atoms with van der Waals surface area (Å²) in [6.45, 7) is 9.74. The van der Waals surface area contributed by atoms with Crippen molar-refractivity contribution in [3.8, 4) is 0 Å². The van der Waals surface area contributed by atoms with Gasteiger partial charge in [-0.1, -0.05) is 31.9 Å². The lowest BCUT2D eigenvalue weighted by Crippen LogP contribution is -2.51. The molecule has 0 amide bonds. The van der Waals surface area contributed by atoms with E-state index >= 15 is 0 Å². The summed E-state index contributed by atoms with van der Waals surface area (Å²) in [6, 6.07) is 1.75. The fraction of sp³-hybridized carbons (Fsp3) is 0.905. The molecule has 2 saturated carbocycles. The minimum Gasteiger partial charge on any atom is -0.370 e. The molecule has 0 spiro atoms.